The van der Waals surface area contributed by atoms with Crippen LogP contribution < -0.4 is 5.73 Å². The van der Waals surface area contributed by atoms with Crippen LogP contribution in [0.5, 0.6) is 0 Å². The normalized spacial score (nSPS) is 16.0. The van der Waals surface area contributed by atoms with Gasteiger partial charge < -0.3 is 10.8 Å². The van der Waals surface area contributed by atoms with Crippen LogP contribution in [-0.4, -0.2) is 16.6 Å². The third-order valence-electron chi connectivity index (χ3n) is 2.75. The van der Waals surface area contributed by atoms with Gasteiger partial charge in [0.15, 0.2) is 0 Å². The van der Waals surface area contributed by atoms with Crippen LogP contribution in [0.1, 0.15) is 25.6 Å². The number of thiophene rings is 1. The molecule has 0 aliphatic carbocycles. The molecule has 0 amide bonds. The second-order valence-electron chi connectivity index (χ2n) is 4.78. The van der Waals surface area contributed by atoms with Crippen LogP contribution in [0.3, 0.4) is 0 Å². The van der Waals surface area contributed by atoms with Crippen molar-refractivity contribution in [2.24, 2.45) is 11.1 Å². The fourth-order valence-corrected chi connectivity index (χ4v) is 2.15. The van der Waals surface area contributed by atoms with Gasteiger partial charge in [-0.25, -0.2) is 0 Å². The molecular formula is C11H17NO2S. The van der Waals surface area contributed by atoms with Crippen molar-refractivity contribution in [1.29, 1.82) is 0 Å². The summed E-state index contributed by atoms with van der Waals surface area (Å²) in [4.78, 5) is 12.3. The molecule has 1 aromatic heterocycles. The molecule has 0 aliphatic rings. The molecule has 1 atom stereocenters. The van der Waals surface area contributed by atoms with Crippen molar-refractivity contribution >= 4 is 17.3 Å². The Morgan fingerprint density at radius 1 is 1.53 bits per heavy atom. The molecule has 0 saturated heterocycles. The standard InChI is InChI=1S/C11H17NO2S/c1-10(2,3)11(12,9(13)14)7-8-5-4-6-15-8/h4-6H,7,12H2,1-3H3,(H,13,14). The summed E-state index contributed by atoms with van der Waals surface area (Å²) in [7, 11) is 0. The van der Waals surface area contributed by atoms with Gasteiger partial charge in [0.1, 0.15) is 5.54 Å². The van der Waals surface area contributed by atoms with Crippen LogP contribution in [0, 0.1) is 5.41 Å². The first kappa shape index (κ1) is 12.2. The summed E-state index contributed by atoms with van der Waals surface area (Å²) < 4.78 is 0. The van der Waals surface area contributed by atoms with E-state index in [2.05, 4.69) is 0 Å². The van der Waals surface area contributed by atoms with Crippen LogP contribution >= 0.6 is 11.3 Å². The van der Waals surface area contributed by atoms with Gasteiger partial charge in [0.2, 0.25) is 0 Å². The van der Waals surface area contributed by atoms with Gasteiger partial charge in [0.05, 0.1) is 0 Å². The van der Waals surface area contributed by atoms with Crippen molar-refractivity contribution < 1.29 is 9.90 Å². The van der Waals surface area contributed by atoms with E-state index in [1.807, 2.05) is 38.3 Å². The first-order valence-electron chi connectivity index (χ1n) is 4.82. The van der Waals surface area contributed by atoms with Gasteiger partial charge in [-0.1, -0.05) is 26.8 Å². The summed E-state index contributed by atoms with van der Waals surface area (Å²) in [5, 5.41) is 11.2. The fraction of sp³-hybridized carbons (Fsp3) is 0.545. The van der Waals surface area contributed by atoms with E-state index < -0.39 is 16.9 Å². The van der Waals surface area contributed by atoms with Crippen molar-refractivity contribution in [3.8, 4) is 0 Å². The molecule has 0 aliphatic heterocycles. The summed E-state index contributed by atoms with van der Waals surface area (Å²) in [6.45, 7) is 5.57. The number of carboxylic acids is 1. The minimum Gasteiger partial charge on any atom is -0.480 e. The molecule has 0 fully saturated rings. The maximum absolute atomic E-state index is 11.3. The Labute approximate surface area is 93.9 Å². The number of aliphatic carboxylic acids is 1. The predicted octanol–water partition coefficient (Wildman–Crippen LogP) is 2.12. The SMILES string of the molecule is CC(C)(C)C(N)(Cc1cccs1)C(=O)O. The molecule has 4 heteroatoms. The largest absolute Gasteiger partial charge is 0.480 e. The molecule has 1 aromatic rings. The molecular weight excluding hydrogens is 210 g/mol. The number of hydrogen-bond donors (Lipinski definition) is 2. The molecule has 0 radical (unpaired) electrons. The number of rotatable bonds is 3. The maximum atomic E-state index is 11.3. The molecule has 1 rings (SSSR count). The summed E-state index contributed by atoms with van der Waals surface area (Å²) in [5.41, 5.74) is 4.34. The van der Waals surface area contributed by atoms with E-state index in [1.165, 1.54) is 11.3 Å². The summed E-state index contributed by atoms with van der Waals surface area (Å²) in [5.74, 6) is -0.941. The first-order valence-corrected chi connectivity index (χ1v) is 5.70. The lowest BCUT2D eigenvalue weighted by molar-refractivity contribution is -0.147. The van der Waals surface area contributed by atoms with E-state index in [4.69, 9.17) is 5.73 Å². The van der Waals surface area contributed by atoms with Gasteiger partial charge in [-0.15, -0.1) is 11.3 Å². The van der Waals surface area contributed by atoms with Crippen LogP contribution in [0.4, 0.5) is 0 Å². The van der Waals surface area contributed by atoms with Crippen LogP contribution in [0.2, 0.25) is 0 Å². The Morgan fingerprint density at radius 2 is 2.13 bits per heavy atom. The summed E-state index contributed by atoms with van der Waals surface area (Å²) in [6.07, 6.45) is 0.378. The van der Waals surface area contributed by atoms with Crippen LogP contribution in [-0.2, 0) is 11.2 Å². The zero-order valence-corrected chi connectivity index (χ0v) is 10.1. The zero-order chi connectivity index (χ0) is 11.7. The van der Waals surface area contributed by atoms with Crippen molar-refractivity contribution in [3.05, 3.63) is 22.4 Å². The van der Waals surface area contributed by atoms with Gasteiger partial charge in [-0.05, 0) is 16.9 Å². The average Bonchev–Trinajstić information content (AvgIpc) is 2.54. The van der Waals surface area contributed by atoms with Crippen molar-refractivity contribution in [1.82, 2.24) is 0 Å². The van der Waals surface area contributed by atoms with Gasteiger partial charge in [-0.3, -0.25) is 4.79 Å². The van der Waals surface area contributed by atoms with Crippen molar-refractivity contribution in [2.45, 2.75) is 32.7 Å². The van der Waals surface area contributed by atoms with Crippen molar-refractivity contribution in [3.63, 3.8) is 0 Å². The lowest BCUT2D eigenvalue weighted by atomic mass is 9.72. The highest BCUT2D eigenvalue weighted by molar-refractivity contribution is 7.09. The Morgan fingerprint density at radius 3 is 2.47 bits per heavy atom. The highest BCUT2D eigenvalue weighted by Gasteiger charge is 2.45. The third kappa shape index (κ3) is 2.38. The van der Waals surface area contributed by atoms with E-state index >= 15 is 0 Å². The van der Waals surface area contributed by atoms with Gasteiger partial charge in [-0.2, -0.15) is 0 Å². The molecule has 1 unspecified atom stereocenters. The number of carboxylic acid groups (broad SMARTS) is 1. The monoisotopic (exact) mass is 227 g/mol. The van der Waals surface area contributed by atoms with Crippen LogP contribution in [0.25, 0.3) is 0 Å². The van der Waals surface area contributed by atoms with Crippen molar-refractivity contribution in [2.75, 3.05) is 0 Å². The minimum absolute atomic E-state index is 0.378. The van der Waals surface area contributed by atoms with E-state index in [1.54, 1.807) is 0 Å². The van der Waals surface area contributed by atoms with Gasteiger partial charge in [0.25, 0.3) is 0 Å². The number of hydrogen-bond acceptors (Lipinski definition) is 3. The molecule has 0 aromatic carbocycles. The highest BCUT2D eigenvalue weighted by Crippen LogP contribution is 2.32. The summed E-state index contributed by atoms with van der Waals surface area (Å²) in [6, 6.07) is 3.83. The van der Waals surface area contributed by atoms with E-state index in [9.17, 15) is 9.90 Å². The van der Waals surface area contributed by atoms with E-state index in [0.717, 1.165) is 4.88 Å². The molecule has 1 heterocycles. The van der Waals surface area contributed by atoms with Gasteiger partial charge >= 0.3 is 5.97 Å². The zero-order valence-electron chi connectivity index (χ0n) is 9.28. The highest BCUT2D eigenvalue weighted by atomic mass is 32.1. The molecule has 0 bridgehead atoms. The molecule has 0 spiro atoms. The second-order valence-corrected chi connectivity index (χ2v) is 5.81. The predicted molar refractivity (Wildman–Crippen MR) is 62.0 cm³/mol. The van der Waals surface area contributed by atoms with E-state index in [-0.39, 0.29) is 0 Å². The minimum atomic E-state index is -1.21. The molecule has 84 valence electrons. The number of carbonyl (C=O) groups is 1. The molecule has 15 heavy (non-hydrogen) atoms. The number of nitrogens with two attached hydrogens (primary N) is 1. The molecule has 0 saturated carbocycles. The smallest absolute Gasteiger partial charge is 0.324 e. The first-order chi connectivity index (χ1) is 6.77. The Balaban J connectivity index is 2.99. The second kappa shape index (κ2) is 3.94. The Hall–Kier alpha value is -0.870. The molecule has 3 nitrogen and oxygen atoms in total. The Kier molecular flexibility index (Phi) is 3.21. The fourth-order valence-electron chi connectivity index (χ4n) is 1.35. The summed E-state index contributed by atoms with van der Waals surface area (Å²) >= 11 is 1.54. The lowest BCUT2D eigenvalue weighted by Gasteiger charge is -2.37. The third-order valence-corrected chi connectivity index (χ3v) is 3.63. The maximum Gasteiger partial charge on any atom is 0.324 e. The average molecular weight is 227 g/mol. The molecule has 3 N–H and O–H groups in total. The van der Waals surface area contributed by atoms with E-state index in [0.29, 0.717) is 6.42 Å². The quantitative estimate of drug-likeness (QED) is 0.831. The topological polar surface area (TPSA) is 63.3 Å². The lowest BCUT2D eigenvalue weighted by Crippen LogP contribution is -2.59. The Bertz CT molecular complexity index is 340. The van der Waals surface area contributed by atoms with Crippen LogP contribution in [0.15, 0.2) is 17.5 Å². The van der Waals surface area contributed by atoms with Gasteiger partial charge in [0, 0.05) is 11.3 Å².